The molecule has 5 heteroatoms. The van der Waals surface area contributed by atoms with Crippen LogP contribution in [0, 0.1) is 19.8 Å². The van der Waals surface area contributed by atoms with Crippen molar-refractivity contribution in [3.05, 3.63) is 19.2 Å². The number of fused-ring (bicyclic) bond motifs is 1. The monoisotopic (exact) mass is 456 g/mol. The Morgan fingerprint density at radius 3 is 2.53 bits per heavy atom. The van der Waals surface area contributed by atoms with Crippen molar-refractivity contribution >= 4 is 6.47 Å². The second-order valence-corrected chi connectivity index (χ2v) is 3.20. The van der Waals surface area contributed by atoms with E-state index in [-0.39, 0.29) is 61.2 Å². The van der Waals surface area contributed by atoms with Gasteiger partial charge in [-0.1, -0.05) is 31.7 Å². The molecular formula is C10H17NO2WY-2. The van der Waals surface area contributed by atoms with Crippen molar-refractivity contribution in [3.8, 4) is 0 Å². The first kappa shape index (κ1) is 21.5. The minimum atomic E-state index is 0. The van der Waals surface area contributed by atoms with E-state index >= 15 is 0 Å². The molecule has 1 radical (unpaired) electrons. The zero-order valence-electron chi connectivity index (χ0n) is 9.06. The molecule has 1 aliphatic heterocycles. The fourth-order valence-electron chi connectivity index (χ4n) is 1.96. The van der Waals surface area contributed by atoms with Crippen LogP contribution in [0.25, 0.3) is 5.32 Å². The summed E-state index contributed by atoms with van der Waals surface area (Å²) in [7, 11) is 0. The zero-order chi connectivity index (χ0) is 8.81. The second-order valence-electron chi connectivity index (χ2n) is 3.20. The predicted octanol–water partition coefficient (Wildman–Crippen LogP) is 2.19. The van der Waals surface area contributed by atoms with Crippen molar-refractivity contribution in [2.75, 3.05) is 6.54 Å². The molecule has 0 amide bonds. The first-order valence-electron chi connectivity index (χ1n) is 4.39. The SMILES string of the molecule is O=[C-]O.[CH-]1CCCC2CC[N-]C12.[CH3-].[W+2].[Y]. The Kier molecular flexibility index (Phi) is 19.0. The third-order valence-electron chi connectivity index (χ3n) is 2.51. The topological polar surface area (TPSA) is 51.4 Å². The second kappa shape index (κ2) is 13.3. The fourth-order valence-corrected chi connectivity index (χ4v) is 1.96. The average molecular weight is 456 g/mol. The first-order chi connectivity index (χ1) is 5.88. The molecule has 1 N–H and O–H groups in total. The number of aliphatic hydroxyl groups excluding tert-OH is 1. The average Bonchev–Trinajstić information content (AvgIpc) is 2.52. The smallest absolute Gasteiger partial charge is 0.685 e. The van der Waals surface area contributed by atoms with Gasteiger partial charge in [0.1, 0.15) is 0 Å². The van der Waals surface area contributed by atoms with Crippen LogP contribution in [-0.4, -0.2) is 24.2 Å². The van der Waals surface area contributed by atoms with E-state index in [4.69, 9.17) is 9.90 Å². The largest absolute Gasteiger partial charge is 2.00 e. The van der Waals surface area contributed by atoms with Gasteiger partial charge in [0.25, 0.3) is 0 Å². The van der Waals surface area contributed by atoms with Gasteiger partial charge in [0.05, 0.1) is 0 Å². The summed E-state index contributed by atoms with van der Waals surface area (Å²) in [5.74, 6) is 0.943. The van der Waals surface area contributed by atoms with Crippen LogP contribution in [-0.2, 0) is 58.6 Å². The molecule has 1 heterocycles. The number of hydrogen-bond acceptors (Lipinski definition) is 1. The van der Waals surface area contributed by atoms with E-state index in [1.807, 2.05) is 0 Å². The van der Waals surface area contributed by atoms with Gasteiger partial charge in [0.15, 0.2) is 0 Å². The van der Waals surface area contributed by atoms with Gasteiger partial charge in [-0.05, 0) is 0 Å². The van der Waals surface area contributed by atoms with Crippen LogP contribution in [0.2, 0.25) is 0 Å². The van der Waals surface area contributed by atoms with E-state index in [2.05, 4.69) is 11.7 Å². The quantitative estimate of drug-likeness (QED) is 0.569. The molecule has 0 spiro atoms. The van der Waals surface area contributed by atoms with Gasteiger partial charge in [-0.25, -0.2) is 0 Å². The van der Waals surface area contributed by atoms with Gasteiger partial charge in [-0.3, -0.25) is 6.04 Å². The van der Waals surface area contributed by atoms with Crippen LogP contribution in [0.15, 0.2) is 0 Å². The Bertz CT molecular complexity index is 137. The normalized spacial score (nSPS) is 26.4. The summed E-state index contributed by atoms with van der Waals surface area (Å²) in [5.41, 5.74) is 0. The molecule has 15 heavy (non-hydrogen) atoms. The summed E-state index contributed by atoms with van der Waals surface area (Å²) < 4.78 is 0. The van der Waals surface area contributed by atoms with Crippen molar-refractivity contribution in [1.29, 1.82) is 0 Å². The summed E-state index contributed by atoms with van der Waals surface area (Å²) in [4.78, 5) is 8.24. The maximum atomic E-state index is 8.24. The minimum absolute atomic E-state index is 0. The van der Waals surface area contributed by atoms with Crippen molar-refractivity contribution in [1.82, 2.24) is 0 Å². The van der Waals surface area contributed by atoms with Crippen molar-refractivity contribution < 1.29 is 63.7 Å². The van der Waals surface area contributed by atoms with E-state index in [0.717, 1.165) is 12.5 Å². The van der Waals surface area contributed by atoms with Crippen molar-refractivity contribution in [3.63, 3.8) is 0 Å². The van der Waals surface area contributed by atoms with E-state index in [0.29, 0.717) is 12.5 Å². The minimum Gasteiger partial charge on any atom is -0.685 e. The Morgan fingerprint density at radius 2 is 2.00 bits per heavy atom. The predicted molar refractivity (Wildman–Crippen MR) is 53.0 cm³/mol. The number of rotatable bonds is 0. The molecule has 0 bridgehead atoms. The Hall–Kier alpha value is 1.22. The molecule has 2 fully saturated rings. The van der Waals surface area contributed by atoms with Crippen LogP contribution in [0.4, 0.5) is 0 Å². The Morgan fingerprint density at radius 1 is 1.40 bits per heavy atom. The summed E-state index contributed by atoms with van der Waals surface area (Å²) in [6.45, 7) is 1.63. The molecule has 2 aliphatic rings. The molecule has 3 nitrogen and oxygen atoms in total. The summed E-state index contributed by atoms with van der Waals surface area (Å²) in [6, 6.07) is 0.666. The molecule has 85 valence electrons. The van der Waals surface area contributed by atoms with E-state index in [9.17, 15) is 0 Å². The van der Waals surface area contributed by atoms with E-state index < -0.39 is 0 Å². The van der Waals surface area contributed by atoms with Crippen LogP contribution in [0.3, 0.4) is 0 Å². The molecule has 1 saturated carbocycles. The van der Waals surface area contributed by atoms with Crippen molar-refractivity contribution in [2.24, 2.45) is 5.92 Å². The van der Waals surface area contributed by atoms with Crippen LogP contribution in [0.1, 0.15) is 25.7 Å². The number of nitrogens with zero attached hydrogens (tertiary/aromatic N) is 1. The van der Waals surface area contributed by atoms with Crippen LogP contribution in [0.5, 0.6) is 0 Å². The maximum absolute atomic E-state index is 8.24. The van der Waals surface area contributed by atoms with E-state index in [1.165, 1.54) is 25.7 Å². The molecule has 2 rings (SSSR count). The Balaban J connectivity index is -0.000000220. The number of hydrogen-bond donors (Lipinski definition) is 1. The third kappa shape index (κ3) is 8.01. The van der Waals surface area contributed by atoms with Gasteiger partial charge in [-0.15, -0.1) is 0 Å². The van der Waals surface area contributed by atoms with Crippen LogP contribution >= 0.6 is 0 Å². The van der Waals surface area contributed by atoms with Crippen molar-refractivity contribution in [2.45, 2.75) is 31.7 Å². The van der Waals surface area contributed by atoms with Crippen LogP contribution < -0.4 is 0 Å². The van der Waals surface area contributed by atoms with Gasteiger partial charge >= 0.3 is 21.1 Å². The van der Waals surface area contributed by atoms with Gasteiger partial charge in [0, 0.05) is 32.7 Å². The summed E-state index contributed by atoms with van der Waals surface area (Å²) in [6.07, 6.45) is 7.92. The maximum Gasteiger partial charge on any atom is 2.00 e. The molecule has 1 saturated heterocycles. The molecule has 2 unspecified atom stereocenters. The summed E-state index contributed by atoms with van der Waals surface area (Å²) >= 11 is 0. The molecule has 0 aromatic heterocycles. The zero-order valence-corrected chi connectivity index (χ0v) is 14.8. The van der Waals surface area contributed by atoms with Gasteiger partial charge < -0.3 is 29.1 Å². The van der Waals surface area contributed by atoms with E-state index in [1.54, 1.807) is 0 Å². The third-order valence-corrected chi connectivity index (χ3v) is 2.51. The molecule has 0 aromatic rings. The Labute approximate surface area is 132 Å². The molecule has 1 aliphatic carbocycles. The van der Waals surface area contributed by atoms with Gasteiger partial charge in [-0.2, -0.15) is 13.0 Å². The first-order valence-corrected chi connectivity index (χ1v) is 4.39. The fraction of sp³-hybridized carbons (Fsp3) is 0.700. The molecular weight excluding hydrogens is 439 g/mol. The standard InChI is InChI=1S/C8H13N.CHO2.CH3.W.Y/c1-2-4-8-7(3-1)5-6-9-8;2-1-3;;;/h4,7-8H,1-3,5-6H2;(H,2,3);1H3;;/q-2;2*-1;+2;. The van der Waals surface area contributed by atoms with Gasteiger partial charge in [0.2, 0.25) is 0 Å². The summed E-state index contributed by atoms with van der Waals surface area (Å²) in [5, 5.41) is 11.3. The molecule has 0 aromatic carbocycles. The molecule has 2 atom stereocenters.